The molecule has 0 saturated carbocycles. The van der Waals surface area contributed by atoms with Crippen LogP contribution in [0.4, 0.5) is 5.69 Å². The molecular formula is C14H16N2O5. The van der Waals surface area contributed by atoms with Crippen LogP contribution in [0.15, 0.2) is 18.2 Å². The molecule has 21 heavy (non-hydrogen) atoms. The summed E-state index contributed by atoms with van der Waals surface area (Å²) in [5.74, 6) is 0.453. The Morgan fingerprint density at radius 2 is 2.24 bits per heavy atom. The van der Waals surface area contributed by atoms with Gasteiger partial charge in [-0.15, -0.1) is 0 Å². The van der Waals surface area contributed by atoms with E-state index in [9.17, 15) is 20.0 Å². The quantitative estimate of drug-likeness (QED) is 0.657. The summed E-state index contributed by atoms with van der Waals surface area (Å²) in [4.78, 5) is 24.1. The highest BCUT2D eigenvalue weighted by Gasteiger charge is 2.42. The van der Waals surface area contributed by atoms with Gasteiger partial charge in [0, 0.05) is 30.7 Å². The van der Waals surface area contributed by atoms with Crippen LogP contribution in [0.5, 0.6) is 5.75 Å². The number of aliphatic hydroxyl groups is 1. The first-order chi connectivity index (χ1) is 9.99. The second-order valence-corrected chi connectivity index (χ2v) is 5.43. The van der Waals surface area contributed by atoms with Gasteiger partial charge in [0.1, 0.15) is 18.0 Å². The molecule has 1 N–H and O–H groups in total. The summed E-state index contributed by atoms with van der Waals surface area (Å²) < 4.78 is 5.59. The van der Waals surface area contributed by atoms with Crippen molar-refractivity contribution in [2.75, 3.05) is 6.54 Å². The number of aliphatic hydroxyl groups excluding tert-OH is 1. The first kappa shape index (κ1) is 13.8. The monoisotopic (exact) mass is 292 g/mol. The van der Waals surface area contributed by atoms with E-state index >= 15 is 0 Å². The Morgan fingerprint density at radius 1 is 1.48 bits per heavy atom. The van der Waals surface area contributed by atoms with Crippen LogP contribution < -0.4 is 4.74 Å². The number of carbonyl (C=O) groups excluding carboxylic acids is 1. The van der Waals surface area contributed by atoms with Crippen LogP contribution in [0.2, 0.25) is 0 Å². The van der Waals surface area contributed by atoms with Crippen LogP contribution in [0.3, 0.4) is 0 Å². The molecule has 0 aliphatic carbocycles. The van der Waals surface area contributed by atoms with Gasteiger partial charge >= 0.3 is 0 Å². The number of nitrogens with zero attached hydrogens (tertiary/aromatic N) is 2. The normalized spacial score (nSPS) is 28.2. The average molecular weight is 292 g/mol. The zero-order valence-corrected chi connectivity index (χ0v) is 11.6. The van der Waals surface area contributed by atoms with Gasteiger partial charge in [0.25, 0.3) is 5.69 Å². The zero-order valence-electron chi connectivity index (χ0n) is 11.6. The minimum Gasteiger partial charge on any atom is -0.488 e. The lowest BCUT2D eigenvalue weighted by Gasteiger charge is -2.39. The molecule has 7 nitrogen and oxygen atoms in total. The number of likely N-dealkylation sites (tertiary alicyclic amines) is 1. The van der Waals surface area contributed by atoms with E-state index < -0.39 is 23.2 Å². The SMILES string of the molecule is CC1Oc2ccc([N+](=O)[O-])cc2C(N2CCCC2=O)C1O. The van der Waals surface area contributed by atoms with E-state index in [1.807, 2.05) is 0 Å². The average Bonchev–Trinajstić information content (AvgIpc) is 2.86. The molecule has 3 atom stereocenters. The summed E-state index contributed by atoms with van der Waals surface area (Å²) in [6.07, 6.45) is -0.191. The lowest BCUT2D eigenvalue weighted by molar-refractivity contribution is -0.385. The van der Waals surface area contributed by atoms with Crippen molar-refractivity contribution < 1.29 is 19.6 Å². The van der Waals surface area contributed by atoms with Gasteiger partial charge in [-0.2, -0.15) is 0 Å². The maximum absolute atomic E-state index is 12.0. The number of ether oxygens (including phenoxy) is 1. The van der Waals surface area contributed by atoms with Gasteiger partial charge < -0.3 is 14.7 Å². The van der Waals surface area contributed by atoms with Gasteiger partial charge in [-0.1, -0.05) is 0 Å². The second kappa shape index (κ2) is 5.00. The molecule has 0 spiro atoms. The van der Waals surface area contributed by atoms with Crippen molar-refractivity contribution in [3.63, 3.8) is 0 Å². The van der Waals surface area contributed by atoms with Gasteiger partial charge in [0.05, 0.1) is 11.0 Å². The van der Waals surface area contributed by atoms with Crippen LogP contribution >= 0.6 is 0 Å². The molecule has 1 aromatic rings. The van der Waals surface area contributed by atoms with Crippen molar-refractivity contribution in [2.24, 2.45) is 0 Å². The molecule has 2 heterocycles. The third-order valence-corrected chi connectivity index (χ3v) is 4.09. The Kier molecular flexibility index (Phi) is 3.29. The number of benzene rings is 1. The number of nitro groups is 1. The van der Waals surface area contributed by atoms with Crippen LogP contribution in [0.1, 0.15) is 31.4 Å². The third-order valence-electron chi connectivity index (χ3n) is 4.09. The molecule has 3 rings (SSSR count). The van der Waals surface area contributed by atoms with Crippen molar-refractivity contribution in [1.82, 2.24) is 4.90 Å². The number of amides is 1. The number of hydrogen-bond donors (Lipinski definition) is 1. The topological polar surface area (TPSA) is 92.9 Å². The molecule has 0 bridgehead atoms. The number of rotatable bonds is 2. The molecule has 3 unspecified atom stereocenters. The third kappa shape index (κ3) is 2.23. The maximum Gasteiger partial charge on any atom is 0.270 e. The van der Waals surface area contributed by atoms with Crippen LogP contribution in [0, 0.1) is 10.1 Å². The van der Waals surface area contributed by atoms with E-state index in [1.54, 1.807) is 11.8 Å². The standard InChI is InChI=1S/C14H16N2O5/c1-8-14(18)13(15-6-2-3-12(15)17)10-7-9(16(19)20)4-5-11(10)21-8/h4-5,7-8,13-14,18H,2-3,6H2,1H3. The van der Waals surface area contributed by atoms with Crippen molar-refractivity contribution in [2.45, 2.75) is 38.0 Å². The summed E-state index contributed by atoms with van der Waals surface area (Å²) >= 11 is 0. The van der Waals surface area contributed by atoms with Gasteiger partial charge in [-0.25, -0.2) is 0 Å². The van der Waals surface area contributed by atoms with Gasteiger partial charge in [0.2, 0.25) is 5.91 Å². The van der Waals surface area contributed by atoms with Gasteiger partial charge in [-0.05, 0) is 19.4 Å². The van der Waals surface area contributed by atoms with E-state index in [0.717, 1.165) is 6.42 Å². The first-order valence-corrected chi connectivity index (χ1v) is 6.91. The lowest BCUT2D eigenvalue weighted by Crippen LogP contribution is -2.47. The zero-order chi connectivity index (χ0) is 15.1. The largest absolute Gasteiger partial charge is 0.488 e. The highest BCUT2D eigenvalue weighted by molar-refractivity contribution is 5.79. The predicted molar refractivity (Wildman–Crippen MR) is 72.9 cm³/mol. The molecule has 112 valence electrons. The molecule has 0 radical (unpaired) electrons. The molecule has 0 aromatic heterocycles. The Balaban J connectivity index is 2.08. The van der Waals surface area contributed by atoms with Gasteiger partial charge in [0.15, 0.2) is 0 Å². The first-order valence-electron chi connectivity index (χ1n) is 6.91. The molecule has 2 aliphatic heterocycles. The van der Waals surface area contributed by atoms with Crippen molar-refractivity contribution in [3.05, 3.63) is 33.9 Å². The van der Waals surface area contributed by atoms with Crippen LogP contribution in [-0.4, -0.2) is 39.6 Å². The van der Waals surface area contributed by atoms with E-state index in [0.29, 0.717) is 24.3 Å². The fourth-order valence-electron chi connectivity index (χ4n) is 3.01. The molecular weight excluding hydrogens is 276 g/mol. The minimum absolute atomic E-state index is 0.0365. The summed E-state index contributed by atoms with van der Waals surface area (Å²) in [5, 5.41) is 21.3. The molecule has 1 saturated heterocycles. The summed E-state index contributed by atoms with van der Waals surface area (Å²) in [6.45, 7) is 2.28. The summed E-state index contributed by atoms with van der Waals surface area (Å²) in [6, 6.07) is 3.70. The van der Waals surface area contributed by atoms with Crippen LogP contribution in [-0.2, 0) is 4.79 Å². The van der Waals surface area contributed by atoms with E-state index in [1.165, 1.54) is 18.2 Å². The fraction of sp³-hybridized carbons (Fsp3) is 0.500. The Labute approximate surface area is 121 Å². The predicted octanol–water partition coefficient (Wildman–Crippen LogP) is 1.40. The van der Waals surface area contributed by atoms with Crippen molar-refractivity contribution >= 4 is 11.6 Å². The van der Waals surface area contributed by atoms with E-state index in [4.69, 9.17) is 4.74 Å². The number of hydrogen-bond acceptors (Lipinski definition) is 5. The van der Waals surface area contributed by atoms with Crippen molar-refractivity contribution in [3.8, 4) is 5.75 Å². The fourth-order valence-corrected chi connectivity index (χ4v) is 3.01. The molecule has 7 heteroatoms. The molecule has 1 aromatic carbocycles. The van der Waals surface area contributed by atoms with E-state index in [2.05, 4.69) is 0 Å². The highest BCUT2D eigenvalue weighted by atomic mass is 16.6. The second-order valence-electron chi connectivity index (χ2n) is 5.43. The van der Waals surface area contributed by atoms with Crippen molar-refractivity contribution in [1.29, 1.82) is 0 Å². The highest BCUT2D eigenvalue weighted by Crippen LogP contribution is 2.41. The number of non-ortho nitro benzene ring substituents is 1. The van der Waals surface area contributed by atoms with E-state index in [-0.39, 0.29) is 11.6 Å². The summed E-state index contributed by atoms with van der Waals surface area (Å²) in [5.41, 5.74) is 0.431. The molecule has 1 fully saturated rings. The number of fused-ring (bicyclic) bond motifs is 1. The Morgan fingerprint density at radius 3 is 2.86 bits per heavy atom. The smallest absolute Gasteiger partial charge is 0.270 e. The number of nitro benzene ring substituents is 1. The number of carbonyl (C=O) groups is 1. The maximum atomic E-state index is 12.0. The molecule has 2 aliphatic rings. The van der Waals surface area contributed by atoms with Gasteiger partial charge in [-0.3, -0.25) is 14.9 Å². The summed E-state index contributed by atoms with van der Waals surface area (Å²) in [7, 11) is 0. The molecule has 1 amide bonds. The lowest BCUT2D eigenvalue weighted by atomic mass is 9.92. The Bertz CT molecular complexity index is 603. The van der Waals surface area contributed by atoms with Crippen LogP contribution in [0.25, 0.3) is 0 Å². The minimum atomic E-state index is -0.901. The Hall–Kier alpha value is -2.15.